The lowest BCUT2D eigenvalue weighted by Gasteiger charge is -2.11. The van der Waals surface area contributed by atoms with Crippen molar-refractivity contribution < 1.29 is 28.4 Å². The Labute approximate surface area is 289 Å². The molecular formula is C42H32N2O6. The number of nitrogen functional groups attached to an aromatic ring is 2. The number of ether oxygens (including phenoxy) is 6. The van der Waals surface area contributed by atoms with Crippen LogP contribution in [0.3, 0.4) is 0 Å². The average Bonchev–Trinajstić information content (AvgIpc) is 3.14. The molecule has 0 spiro atoms. The van der Waals surface area contributed by atoms with Crippen LogP contribution in [-0.2, 0) is 0 Å². The lowest BCUT2D eigenvalue weighted by molar-refractivity contribution is 0.459. The Kier molecular flexibility index (Phi) is 9.33. The standard InChI is InChI=1S/C42H32N2O6/c43-29-1-5-31(6-2-29)45-33-9-13-35(14-10-33)47-37-17-21-39(22-18-37)49-41-25-27-42(28-26-41)50-40-23-19-38(20-24-40)48-36-15-11-34(12-16-36)46-32-7-3-30(44)4-8-32/h1-28H,43-44H2. The zero-order valence-corrected chi connectivity index (χ0v) is 26.8. The van der Waals surface area contributed by atoms with Crippen molar-refractivity contribution in [2.45, 2.75) is 0 Å². The first-order valence-electron chi connectivity index (χ1n) is 15.8. The molecule has 0 unspecified atom stereocenters. The summed E-state index contributed by atoms with van der Waals surface area (Å²) in [4.78, 5) is 0. The van der Waals surface area contributed by atoms with Crippen LogP contribution in [0, 0.1) is 0 Å². The molecule has 0 amide bonds. The van der Waals surface area contributed by atoms with Gasteiger partial charge in [0.2, 0.25) is 0 Å². The maximum absolute atomic E-state index is 6.02. The maximum atomic E-state index is 6.02. The molecule has 0 saturated heterocycles. The Balaban J connectivity index is 0.869. The topological polar surface area (TPSA) is 107 Å². The molecule has 8 nitrogen and oxygen atoms in total. The summed E-state index contributed by atoms with van der Waals surface area (Å²) in [7, 11) is 0. The Hall–Kier alpha value is -7.06. The lowest BCUT2D eigenvalue weighted by atomic mass is 10.3. The van der Waals surface area contributed by atoms with E-state index in [2.05, 4.69) is 0 Å². The van der Waals surface area contributed by atoms with Gasteiger partial charge in [-0.3, -0.25) is 0 Å². The highest BCUT2D eigenvalue weighted by Crippen LogP contribution is 2.32. The van der Waals surface area contributed by atoms with E-state index in [9.17, 15) is 0 Å². The molecule has 0 aliphatic carbocycles. The van der Waals surface area contributed by atoms with Crippen LogP contribution >= 0.6 is 0 Å². The second-order valence-corrected chi connectivity index (χ2v) is 11.1. The Morgan fingerprint density at radius 3 is 0.400 bits per heavy atom. The summed E-state index contributed by atoms with van der Waals surface area (Å²) in [5, 5.41) is 0. The summed E-state index contributed by atoms with van der Waals surface area (Å²) in [5.41, 5.74) is 12.8. The Morgan fingerprint density at radius 1 is 0.180 bits per heavy atom. The molecule has 0 aromatic heterocycles. The summed E-state index contributed by atoms with van der Waals surface area (Å²) in [6, 6.07) is 51.5. The van der Waals surface area contributed by atoms with E-state index in [4.69, 9.17) is 39.9 Å². The van der Waals surface area contributed by atoms with Crippen molar-refractivity contribution in [1.82, 2.24) is 0 Å². The van der Waals surface area contributed by atoms with Gasteiger partial charge in [0.25, 0.3) is 0 Å². The fraction of sp³-hybridized carbons (Fsp3) is 0. The minimum atomic E-state index is 0.677. The molecule has 0 bridgehead atoms. The molecule has 0 atom stereocenters. The fourth-order valence-corrected chi connectivity index (χ4v) is 4.77. The molecule has 7 rings (SSSR count). The first kappa shape index (κ1) is 31.5. The van der Waals surface area contributed by atoms with Crippen LogP contribution in [0.15, 0.2) is 170 Å². The molecule has 8 heteroatoms. The van der Waals surface area contributed by atoms with Gasteiger partial charge in [-0.1, -0.05) is 0 Å². The van der Waals surface area contributed by atoms with Crippen LogP contribution in [0.1, 0.15) is 0 Å². The van der Waals surface area contributed by atoms with E-state index in [-0.39, 0.29) is 0 Å². The number of anilines is 2. The van der Waals surface area contributed by atoms with Gasteiger partial charge in [-0.2, -0.15) is 0 Å². The second kappa shape index (κ2) is 14.8. The third-order valence-corrected chi connectivity index (χ3v) is 7.29. The van der Waals surface area contributed by atoms with Gasteiger partial charge >= 0.3 is 0 Å². The van der Waals surface area contributed by atoms with E-state index in [0.29, 0.717) is 80.4 Å². The summed E-state index contributed by atoms with van der Waals surface area (Å²) in [5.74, 6) is 8.28. The van der Waals surface area contributed by atoms with Crippen LogP contribution in [0.5, 0.6) is 69.0 Å². The predicted molar refractivity (Wildman–Crippen MR) is 194 cm³/mol. The van der Waals surface area contributed by atoms with Gasteiger partial charge < -0.3 is 39.9 Å². The van der Waals surface area contributed by atoms with Gasteiger partial charge in [-0.25, -0.2) is 0 Å². The molecule has 7 aromatic carbocycles. The van der Waals surface area contributed by atoms with E-state index >= 15 is 0 Å². The average molecular weight is 661 g/mol. The zero-order valence-electron chi connectivity index (χ0n) is 26.8. The highest BCUT2D eigenvalue weighted by molar-refractivity contribution is 5.46. The van der Waals surface area contributed by atoms with Crippen molar-refractivity contribution in [3.05, 3.63) is 170 Å². The van der Waals surface area contributed by atoms with Crippen molar-refractivity contribution in [1.29, 1.82) is 0 Å². The first-order chi connectivity index (χ1) is 24.5. The minimum absolute atomic E-state index is 0.677. The number of benzene rings is 7. The van der Waals surface area contributed by atoms with Crippen LogP contribution in [0.4, 0.5) is 11.4 Å². The largest absolute Gasteiger partial charge is 0.457 e. The quantitative estimate of drug-likeness (QED) is 0.125. The van der Waals surface area contributed by atoms with Crippen molar-refractivity contribution >= 4 is 11.4 Å². The molecule has 0 aliphatic heterocycles. The van der Waals surface area contributed by atoms with Crippen molar-refractivity contribution in [2.24, 2.45) is 0 Å². The van der Waals surface area contributed by atoms with Crippen LogP contribution in [0.2, 0.25) is 0 Å². The summed E-state index contributed by atoms with van der Waals surface area (Å²) >= 11 is 0. The summed E-state index contributed by atoms with van der Waals surface area (Å²) < 4.78 is 35.7. The smallest absolute Gasteiger partial charge is 0.127 e. The van der Waals surface area contributed by atoms with Crippen molar-refractivity contribution in [3.8, 4) is 69.0 Å². The molecule has 4 N–H and O–H groups in total. The Morgan fingerprint density at radius 2 is 0.280 bits per heavy atom. The molecule has 7 aromatic rings. The molecule has 0 radical (unpaired) electrons. The highest BCUT2D eigenvalue weighted by atomic mass is 16.5. The predicted octanol–water partition coefficient (Wildman–Crippen LogP) is 11.6. The number of hydrogen-bond donors (Lipinski definition) is 2. The highest BCUT2D eigenvalue weighted by Gasteiger charge is 2.06. The van der Waals surface area contributed by atoms with Gasteiger partial charge in [0.15, 0.2) is 0 Å². The number of hydrogen-bond acceptors (Lipinski definition) is 8. The normalized spacial score (nSPS) is 10.6. The zero-order chi connectivity index (χ0) is 34.1. The fourth-order valence-electron chi connectivity index (χ4n) is 4.77. The van der Waals surface area contributed by atoms with Gasteiger partial charge in [-0.15, -0.1) is 0 Å². The van der Waals surface area contributed by atoms with E-state index in [1.54, 1.807) is 24.3 Å². The van der Waals surface area contributed by atoms with Crippen LogP contribution in [0.25, 0.3) is 0 Å². The Bertz CT molecular complexity index is 1960. The minimum Gasteiger partial charge on any atom is -0.457 e. The summed E-state index contributed by atoms with van der Waals surface area (Å²) in [6.07, 6.45) is 0. The van der Waals surface area contributed by atoms with Crippen LogP contribution in [-0.4, -0.2) is 0 Å². The third-order valence-electron chi connectivity index (χ3n) is 7.29. The molecule has 50 heavy (non-hydrogen) atoms. The third kappa shape index (κ3) is 8.64. The summed E-state index contributed by atoms with van der Waals surface area (Å²) in [6.45, 7) is 0. The van der Waals surface area contributed by atoms with Gasteiger partial charge in [0, 0.05) is 11.4 Å². The number of rotatable bonds is 12. The van der Waals surface area contributed by atoms with E-state index in [1.165, 1.54) is 0 Å². The van der Waals surface area contributed by atoms with E-state index in [0.717, 1.165) is 0 Å². The van der Waals surface area contributed by atoms with Gasteiger partial charge in [0.1, 0.15) is 69.0 Å². The molecule has 0 heterocycles. The van der Waals surface area contributed by atoms with E-state index < -0.39 is 0 Å². The molecule has 0 aliphatic rings. The number of nitrogens with two attached hydrogens (primary N) is 2. The second-order valence-electron chi connectivity index (χ2n) is 11.1. The van der Waals surface area contributed by atoms with Gasteiger partial charge in [0.05, 0.1) is 0 Å². The lowest BCUT2D eigenvalue weighted by Crippen LogP contribution is -1.89. The molecule has 0 fully saturated rings. The van der Waals surface area contributed by atoms with E-state index in [1.807, 2.05) is 146 Å². The SMILES string of the molecule is Nc1ccc(Oc2ccc(Oc3ccc(Oc4ccc(Oc5ccc(Oc6ccc(Oc7ccc(N)cc7)cc6)cc5)cc4)cc3)cc2)cc1. The first-order valence-corrected chi connectivity index (χ1v) is 15.8. The molecule has 246 valence electrons. The monoisotopic (exact) mass is 660 g/mol. The van der Waals surface area contributed by atoms with Crippen molar-refractivity contribution in [3.63, 3.8) is 0 Å². The van der Waals surface area contributed by atoms with Crippen LogP contribution < -0.4 is 39.9 Å². The molecule has 0 saturated carbocycles. The van der Waals surface area contributed by atoms with Crippen molar-refractivity contribution in [2.75, 3.05) is 11.5 Å². The maximum Gasteiger partial charge on any atom is 0.127 e. The van der Waals surface area contributed by atoms with Gasteiger partial charge in [-0.05, 0) is 170 Å². The molecular weight excluding hydrogens is 628 g/mol.